The Hall–Kier alpha value is -1.56. The molecular weight excluding hydrogens is 276 g/mol. The van der Waals surface area contributed by atoms with Crippen LogP contribution < -0.4 is 10.0 Å². The normalized spacial score (nSPS) is 12.8. The van der Waals surface area contributed by atoms with Crippen LogP contribution in [0.5, 0.6) is 0 Å². The van der Waals surface area contributed by atoms with Gasteiger partial charge in [-0.1, -0.05) is 19.4 Å². The summed E-state index contributed by atoms with van der Waals surface area (Å²) in [7, 11) is -3.36. The van der Waals surface area contributed by atoms with Gasteiger partial charge in [0.1, 0.15) is 0 Å². The molecule has 112 valence electrons. The molecule has 0 aliphatic carbocycles. The minimum absolute atomic E-state index is 0.0958. The van der Waals surface area contributed by atoms with Crippen molar-refractivity contribution in [1.82, 2.24) is 5.32 Å². The average Bonchev–Trinajstić information content (AvgIpc) is 2.30. The van der Waals surface area contributed by atoms with Gasteiger partial charge in [0.05, 0.1) is 11.9 Å². The Labute approximate surface area is 120 Å². The first-order chi connectivity index (χ1) is 9.24. The average molecular weight is 298 g/mol. The molecule has 0 radical (unpaired) electrons. The summed E-state index contributed by atoms with van der Waals surface area (Å²) in [5.74, 6) is -0.180. The van der Waals surface area contributed by atoms with E-state index in [2.05, 4.69) is 17.0 Å². The second-order valence-electron chi connectivity index (χ2n) is 5.02. The maximum Gasteiger partial charge on any atom is 0.251 e. The fraction of sp³-hybridized carbons (Fsp3) is 0.500. The van der Waals surface area contributed by atoms with E-state index in [0.717, 1.165) is 19.1 Å². The second-order valence-corrected chi connectivity index (χ2v) is 6.76. The maximum atomic E-state index is 12.2. The van der Waals surface area contributed by atoms with E-state index >= 15 is 0 Å². The van der Waals surface area contributed by atoms with Crippen LogP contribution >= 0.6 is 0 Å². The number of sulfonamides is 1. The molecule has 0 fully saturated rings. The highest BCUT2D eigenvalue weighted by Crippen LogP contribution is 2.20. The van der Waals surface area contributed by atoms with Crippen molar-refractivity contribution in [2.45, 2.75) is 39.7 Å². The van der Waals surface area contributed by atoms with E-state index in [4.69, 9.17) is 0 Å². The fourth-order valence-corrected chi connectivity index (χ4v) is 2.62. The lowest BCUT2D eigenvalue weighted by molar-refractivity contribution is 0.0937. The topological polar surface area (TPSA) is 75.3 Å². The van der Waals surface area contributed by atoms with Gasteiger partial charge in [0, 0.05) is 11.6 Å². The first-order valence-corrected chi connectivity index (χ1v) is 8.52. The van der Waals surface area contributed by atoms with Gasteiger partial charge >= 0.3 is 0 Å². The minimum Gasteiger partial charge on any atom is -0.350 e. The fourth-order valence-electron chi connectivity index (χ4n) is 2.00. The lowest BCUT2D eigenvalue weighted by Gasteiger charge is -2.15. The van der Waals surface area contributed by atoms with Gasteiger partial charge in [-0.3, -0.25) is 9.52 Å². The standard InChI is InChI=1S/C14H22N2O3S/c1-5-7-10(2)15-14(17)12-8-6-9-13(11(12)3)16-20(4,18)19/h6,8-10,16H,5,7H2,1-4H3,(H,15,17)/t10-/m1/s1. The zero-order valence-electron chi connectivity index (χ0n) is 12.4. The highest BCUT2D eigenvalue weighted by molar-refractivity contribution is 7.92. The van der Waals surface area contributed by atoms with Crippen molar-refractivity contribution in [3.63, 3.8) is 0 Å². The largest absolute Gasteiger partial charge is 0.350 e. The maximum absolute atomic E-state index is 12.2. The molecule has 1 aromatic rings. The Morgan fingerprint density at radius 2 is 2.00 bits per heavy atom. The molecule has 20 heavy (non-hydrogen) atoms. The Morgan fingerprint density at radius 3 is 2.55 bits per heavy atom. The lowest BCUT2D eigenvalue weighted by atomic mass is 10.1. The van der Waals surface area contributed by atoms with Crippen LogP contribution in [0.1, 0.15) is 42.6 Å². The molecule has 1 amide bonds. The van der Waals surface area contributed by atoms with Gasteiger partial charge in [0.2, 0.25) is 10.0 Å². The predicted octanol–water partition coefficient (Wildman–Crippen LogP) is 2.28. The molecule has 0 aliphatic rings. The Morgan fingerprint density at radius 1 is 1.35 bits per heavy atom. The molecule has 0 saturated carbocycles. The number of carbonyl (C=O) groups is 1. The van der Waals surface area contributed by atoms with E-state index in [9.17, 15) is 13.2 Å². The van der Waals surface area contributed by atoms with E-state index in [0.29, 0.717) is 16.8 Å². The Balaban J connectivity index is 2.96. The van der Waals surface area contributed by atoms with Crippen LogP contribution in [0, 0.1) is 6.92 Å². The molecular formula is C14H22N2O3S. The molecule has 0 spiro atoms. The van der Waals surface area contributed by atoms with Crippen LogP contribution in [-0.4, -0.2) is 26.6 Å². The zero-order chi connectivity index (χ0) is 15.3. The molecule has 0 heterocycles. The number of amides is 1. The third-order valence-electron chi connectivity index (χ3n) is 2.97. The Bertz CT molecular complexity index is 582. The van der Waals surface area contributed by atoms with Crippen molar-refractivity contribution >= 4 is 21.6 Å². The van der Waals surface area contributed by atoms with E-state index < -0.39 is 10.0 Å². The van der Waals surface area contributed by atoms with Crippen molar-refractivity contribution < 1.29 is 13.2 Å². The smallest absolute Gasteiger partial charge is 0.251 e. The molecule has 6 heteroatoms. The molecule has 1 aromatic carbocycles. The van der Waals surface area contributed by atoms with Gasteiger partial charge in [0.15, 0.2) is 0 Å². The first kappa shape index (κ1) is 16.5. The predicted molar refractivity (Wildman–Crippen MR) is 81.5 cm³/mol. The third-order valence-corrected chi connectivity index (χ3v) is 3.56. The number of hydrogen-bond donors (Lipinski definition) is 2. The van der Waals surface area contributed by atoms with E-state index in [1.54, 1.807) is 25.1 Å². The molecule has 5 nitrogen and oxygen atoms in total. The summed E-state index contributed by atoms with van der Waals surface area (Å²) in [5.41, 5.74) is 1.55. The summed E-state index contributed by atoms with van der Waals surface area (Å²) in [6.07, 6.45) is 2.99. The highest BCUT2D eigenvalue weighted by Gasteiger charge is 2.15. The van der Waals surface area contributed by atoms with E-state index in [-0.39, 0.29) is 11.9 Å². The summed E-state index contributed by atoms with van der Waals surface area (Å²) in [6.45, 7) is 5.74. The van der Waals surface area contributed by atoms with Gasteiger partial charge in [-0.2, -0.15) is 0 Å². The first-order valence-electron chi connectivity index (χ1n) is 6.63. The molecule has 0 unspecified atom stereocenters. The molecule has 0 aliphatic heterocycles. The van der Waals surface area contributed by atoms with Crippen LogP contribution in [0.15, 0.2) is 18.2 Å². The molecule has 2 N–H and O–H groups in total. The summed E-state index contributed by atoms with van der Waals surface area (Å²) in [5, 5.41) is 2.91. The molecule has 0 saturated heterocycles. The number of benzene rings is 1. The van der Waals surface area contributed by atoms with Gasteiger partial charge in [-0.25, -0.2) is 8.42 Å². The SMILES string of the molecule is CCC[C@@H](C)NC(=O)c1cccc(NS(C)(=O)=O)c1C. The zero-order valence-corrected chi connectivity index (χ0v) is 13.2. The molecule has 1 atom stereocenters. The van der Waals surface area contributed by atoms with Crippen LogP contribution in [0.4, 0.5) is 5.69 Å². The van der Waals surface area contributed by atoms with E-state index in [1.807, 2.05) is 6.92 Å². The van der Waals surface area contributed by atoms with E-state index in [1.165, 1.54) is 0 Å². The quantitative estimate of drug-likeness (QED) is 0.846. The van der Waals surface area contributed by atoms with Gasteiger partial charge in [-0.15, -0.1) is 0 Å². The van der Waals surface area contributed by atoms with Crippen LogP contribution in [0.25, 0.3) is 0 Å². The summed E-state index contributed by atoms with van der Waals surface area (Å²) < 4.78 is 25.0. The minimum atomic E-state index is -3.36. The van der Waals surface area contributed by atoms with Crippen LogP contribution in [-0.2, 0) is 10.0 Å². The van der Waals surface area contributed by atoms with Crippen molar-refractivity contribution in [2.75, 3.05) is 11.0 Å². The van der Waals surface area contributed by atoms with Crippen LogP contribution in [0.3, 0.4) is 0 Å². The number of rotatable bonds is 6. The van der Waals surface area contributed by atoms with Crippen molar-refractivity contribution in [3.8, 4) is 0 Å². The lowest BCUT2D eigenvalue weighted by Crippen LogP contribution is -2.33. The van der Waals surface area contributed by atoms with Gasteiger partial charge in [0.25, 0.3) is 5.91 Å². The molecule has 0 bridgehead atoms. The number of anilines is 1. The van der Waals surface area contributed by atoms with Crippen molar-refractivity contribution in [2.24, 2.45) is 0 Å². The summed E-state index contributed by atoms with van der Waals surface area (Å²) >= 11 is 0. The van der Waals surface area contributed by atoms with Crippen molar-refractivity contribution in [1.29, 1.82) is 0 Å². The van der Waals surface area contributed by atoms with Gasteiger partial charge < -0.3 is 5.32 Å². The van der Waals surface area contributed by atoms with Crippen molar-refractivity contribution in [3.05, 3.63) is 29.3 Å². The van der Waals surface area contributed by atoms with Crippen LogP contribution in [0.2, 0.25) is 0 Å². The molecule has 1 rings (SSSR count). The second kappa shape index (κ2) is 6.74. The third kappa shape index (κ3) is 4.85. The highest BCUT2D eigenvalue weighted by atomic mass is 32.2. The summed E-state index contributed by atoms with van der Waals surface area (Å²) in [6, 6.07) is 5.10. The Kier molecular flexibility index (Phi) is 5.56. The number of hydrogen-bond acceptors (Lipinski definition) is 3. The summed E-state index contributed by atoms with van der Waals surface area (Å²) in [4.78, 5) is 12.2. The molecule has 0 aromatic heterocycles. The number of nitrogens with one attached hydrogen (secondary N) is 2. The monoisotopic (exact) mass is 298 g/mol. The van der Waals surface area contributed by atoms with Gasteiger partial charge in [-0.05, 0) is 38.0 Å². The number of carbonyl (C=O) groups excluding carboxylic acids is 1.